The Morgan fingerprint density at radius 3 is 2.50 bits per heavy atom. The first kappa shape index (κ1) is 28.0. The molecular formula is C36H44N4O4. The number of fused-ring (bicyclic) bond motifs is 4. The van der Waals surface area contributed by atoms with Crippen LogP contribution in [0.1, 0.15) is 54.4 Å². The Kier molecular flexibility index (Phi) is 6.90. The average molecular weight is 597 g/mol. The van der Waals surface area contributed by atoms with Gasteiger partial charge < -0.3 is 34.0 Å². The van der Waals surface area contributed by atoms with Crippen LogP contribution in [0.2, 0.25) is 0 Å². The molecule has 1 amide bonds. The first-order chi connectivity index (χ1) is 21.4. The van der Waals surface area contributed by atoms with Gasteiger partial charge in [-0.1, -0.05) is 6.07 Å². The van der Waals surface area contributed by atoms with E-state index in [0.717, 1.165) is 80.9 Å². The van der Waals surface area contributed by atoms with E-state index in [1.165, 1.54) is 29.4 Å². The average Bonchev–Trinajstić information content (AvgIpc) is 3.45. The molecule has 3 atom stereocenters. The number of likely N-dealkylation sites (tertiary alicyclic amines) is 1. The predicted molar refractivity (Wildman–Crippen MR) is 173 cm³/mol. The summed E-state index contributed by atoms with van der Waals surface area (Å²) < 4.78 is 20.5. The number of nitrogens with two attached hydrogens (primary N) is 1. The molecule has 2 aromatic heterocycles. The van der Waals surface area contributed by atoms with Gasteiger partial charge in [0.15, 0.2) is 5.76 Å². The molecule has 2 N–H and O–H groups in total. The van der Waals surface area contributed by atoms with Gasteiger partial charge in [0.1, 0.15) is 11.3 Å². The van der Waals surface area contributed by atoms with Crippen LogP contribution in [0.4, 0.5) is 5.69 Å². The Morgan fingerprint density at radius 1 is 1.00 bits per heavy atom. The van der Waals surface area contributed by atoms with Crippen molar-refractivity contribution in [3.05, 3.63) is 47.5 Å². The van der Waals surface area contributed by atoms with Gasteiger partial charge in [-0.2, -0.15) is 0 Å². The SMILES string of the molecule is COCC1CCN(c2ccc3cc(-c4oc5cc(C(=O)N6CC7CCC6[C@@H]7N)cc(OC)c5c4C)n(CC4CC4)c3c2)CC1. The number of ether oxygens (including phenoxy) is 2. The molecule has 0 spiro atoms. The van der Waals surface area contributed by atoms with Gasteiger partial charge in [-0.3, -0.25) is 4.79 Å². The lowest BCUT2D eigenvalue weighted by atomic mass is 9.97. The van der Waals surface area contributed by atoms with Crippen molar-refractivity contribution in [1.29, 1.82) is 0 Å². The number of methoxy groups -OCH3 is 2. The van der Waals surface area contributed by atoms with E-state index in [2.05, 4.69) is 40.7 Å². The zero-order valence-electron chi connectivity index (χ0n) is 26.2. The van der Waals surface area contributed by atoms with Gasteiger partial charge in [-0.15, -0.1) is 0 Å². The molecule has 232 valence electrons. The highest BCUT2D eigenvalue weighted by Gasteiger charge is 2.47. The number of aromatic nitrogens is 1. The smallest absolute Gasteiger partial charge is 0.254 e. The number of nitrogens with zero attached hydrogens (tertiary/aromatic N) is 3. The Labute approximate surface area is 259 Å². The van der Waals surface area contributed by atoms with E-state index in [-0.39, 0.29) is 18.0 Å². The van der Waals surface area contributed by atoms with Crippen molar-refractivity contribution in [2.24, 2.45) is 23.5 Å². The maximum Gasteiger partial charge on any atom is 0.254 e. The Morgan fingerprint density at radius 2 is 1.82 bits per heavy atom. The molecule has 8 heteroatoms. The highest BCUT2D eigenvalue weighted by Crippen LogP contribution is 2.44. The Balaban J connectivity index is 1.17. The van der Waals surface area contributed by atoms with Crippen molar-refractivity contribution in [1.82, 2.24) is 9.47 Å². The molecule has 2 aliphatic heterocycles. The van der Waals surface area contributed by atoms with Crippen molar-refractivity contribution in [3.63, 3.8) is 0 Å². The van der Waals surface area contributed by atoms with Crippen LogP contribution >= 0.6 is 0 Å². The molecule has 2 aliphatic carbocycles. The number of hydrogen-bond donors (Lipinski definition) is 1. The maximum atomic E-state index is 13.7. The third-order valence-electron chi connectivity index (χ3n) is 11.0. The normalized spacial score (nSPS) is 23.9. The quantitative estimate of drug-likeness (QED) is 0.261. The van der Waals surface area contributed by atoms with Gasteiger partial charge in [0.05, 0.1) is 23.7 Å². The molecule has 4 aliphatic rings. The van der Waals surface area contributed by atoms with Gasteiger partial charge in [-0.05, 0) is 93.5 Å². The summed E-state index contributed by atoms with van der Waals surface area (Å²) in [6.07, 6.45) is 6.97. The largest absolute Gasteiger partial charge is 0.496 e. The van der Waals surface area contributed by atoms with Crippen molar-refractivity contribution in [2.45, 2.75) is 64.1 Å². The van der Waals surface area contributed by atoms with E-state index in [0.29, 0.717) is 34.6 Å². The van der Waals surface area contributed by atoms with Crippen molar-refractivity contribution in [2.75, 3.05) is 45.4 Å². The van der Waals surface area contributed by atoms with Crippen LogP contribution < -0.4 is 15.4 Å². The van der Waals surface area contributed by atoms with Gasteiger partial charge in [0.2, 0.25) is 0 Å². The number of amides is 1. The summed E-state index contributed by atoms with van der Waals surface area (Å²) in [5.74, 6) is 3.30. The minimum atomic E-state index is 0.0186. The van der Waals surface area contributed by atoms with Crippen LogP contribution in [0.3, 0.4) is 0 Å². The van der Waals surface area contributed by atoms with Crippen LogP contribution in [0.5, 0.6) is 5.75 Å². The lowest BCUT2D eigenvalue weighted by molar-refractivity contribution is 0.0700. The van der Waals surface area contributed by atoms with Gasteiger partial charge in [-0.25, -0.2) is 0 Å². The highest BCUT2D eigenvalue weighted by atomic mass is 16.5. The third-order valence-corrected chi connectivity index (χ3v) is 11.0. The standard InChI is InChI=1S/C36H44N4O4/c1-21-33-31(43-3)15-26(36(41)40-19-25-7-9-28(40)34(25)37)16-32(33)44-35(21)30-14-24-6-8-27(17-29(24)39(30)18-22-4-5-22)38-12-10-23(11-13-38)20-42-2/h6,8,14-17,22-23,25,28,34H,4-5,7,9-13,18-20,37H2,1-3H3/t25?,28?,34-/m1/s1. The van der Waals surface area contributed by atoms with Crippen LogP contribution in [-0.2, 0) is 11.3 Å². The van der Waals surface area contributed by atoms with Gasteiger partial charge in [0.25, 0.3) is 5.91 Å². The monoisotopic (exact) mass is 596 g/mol. The molecule has 2 aromatic carbocycles. The number of carbonyl (C=O) groups is 1. The summed E-state index contributed by atoms with van der Waals surface area (Å²) in [5, 5.41) is 2.16. The van der Waals surface area contributed by atoms with Crippen LogP contribution in [0.15, 0.2) is 40.8 Å². The maximum absolute atomic E-state index is 13.7. The first-order valence-electron chi connectivity index (χ1n) is 16.5. The number of hydrogen-bond acceptors (Lipinski definition) is 6. The summed E-state index contributed by atoms with van der Waals surface area (Å²) >= 11 is 0. The highest BCUT2D eigenvalue weighted by molar-refractivity contribution is 6.02. The molecule has 0 radical (unpaired) electrons. The fourth-order valence-corrected chi connectivity index (χ4v) is 8.29. The molecule has 8 nitrogen and oxygen atoms in total. The summed E-state index contributed by atoms with van der Waals surface area (Å²) in [6, 6.07) is 13.2. The van der Waals surface area contributed by atoms with Gasteiger partial charge >= 0.3 is 0 Å². The zero-order valence-corrected chi connectivity index (χ0v) is 26.2. The zero-order chi connectivity index (χ0) is 30.1. The number of piperidine rings is 2. The molecular weight excluding hydrogens is 552 g/mol. The molecule has 2 unspecified atom stereocenters. The summed E-state index contributed by atoms with van der Waals surface area (Å²) in [4.78, 5) is 18.2. The molecule has 4 aromatic rings. The van der Waals surface area contributed by atoms with E-state index in [4.69, 9.17) is 19.6 Å². The second-order valence-corrected chi connectivity index (χ2v) is 13.8. The van der Waals surface area contributed by atoms with E-state index in [1.54, 1.807) is 14.2 Å². The summed E-state index contributed by atoms with van der Waals surface area (Å²) in [5.41, 5.74) is 12.4. The van der Waals surface area contributed by atoms with E-state index >= 15 is 0 Å². The van der Waals surface area contributed by atoms with Crippen LogP contribution in [0.25, 0.3) is 33.3 Å². The Hall–Kier alpha value is -3.49. The first-order valence-corrected chi connectivity index (χ1v) is 16.5. The minimum Gasteiger partial charge on any atom is -0.496 e. The number of anilines is 1. The van der Waals surface area contributed by atoms with Crippen molar-refractivity contribution < 1.29 is 18.7 Å². The van der Waals surface area contributed by atoms with E-state index in [1.807, 2.05) is 17.0 Å². The lowest BCUT2D eigenvalue weighted by Crippen LogP contribution is -2.41. The van der Waals surface area contributed by atoms with Gasteiger partial charge in [0, 0.05) is 74.2 Å². The lowest BCUT2D eigenvalue weighted by Gasteiger charge is -2.33. The topological polar surface area (TPSA) is 86.1 Å². The molecule has 8 rings (SSSR count). The molecule has 4 fully saturated rings. The third kappa shape index (κ3) is 4.60. The number of carbonyl (C=O) groups excluding carboxylic acids is 1. The second kappa shape index (κ2) is 10.8. The molecule has 2 saturated heterocycles. The van der Waals surface area contributed by atoms with Crippen molar-refractivity contribution >= 4 is 33.5 Å². The van der Waals surface area contributed by atoms with E-state index < -0.39 is 0 Å². The fraction of sp³-hybridized carbons (Fsp3) is 0.528. The number of furan rings is 1. The molecule has 44 heavy (non-hydrogen) atoms. The van der Waals surface area contributed by atoms with Crippen LogP contribution in [-0.4, -0.2) is 67.9 Å². The number of aryl methyl sites for hydroxylation is 1. The molecule has 2 saturated carbocycles. The van der Waals surface area contributed by atoms with E-state index in [9.17, 15) is 4.79 Å². The van der Waals surface area contributed by atoms with Crippen molar-refractivity contribution in [3.8, 4) is 17.2 Å². The number of benzene rings is 2. The second-order valence-electron chi connectivity index (χ2n) is 13.8. The fourth-order valence-electron chi connectivity index (χ4n) is 8.29. The predicted octanol–water partition coefficient (Wildman–Crippen LogP) is 6.21. The summed E-state index contributed by atoms with van der Waals surface area (Å²) in [6.45, 7) is 6.80. The molecule has 2 bridgehead atoms. The minimum absolute atomic E-state index is 0.0186. The number of rotatable bonds is 8. The molecule has 4 heterocycles. The van der Waals surface area contributed by atoms with Crippen LogP contribution in [0, 0.1) is 24.7 Å². The summed E-state index contributed by atoms with van der Waals surface area (Å²) in [7, 11) is 3.48. The Bertz CT molecular complexity index is 1730.